The van der Waals surface area contributed by atoms with Gasteiger partial charge < -0.3 is 14.8 Å². The van der Waals surface area contributed by atoms with Crippen molar-refractivity contribution >= 4 is 27.6 Å². The summed E-state index contributed by atoms with van der Waals surface area (Å²) in [5, 5.41) is 2.65. The SMILES string of the molecule is Cc1ccc(S(=O)(=O)N2CCOCC2)cc1NC(=O)COC(=O)C1CC=CCC1. The number of hydrogen-bond acceptors (Lipinski definition) is 6. The van der Waals surface area contributed by atoms with Gasteiger partial charge in [-0.3, -0.25) is 9.59 Å². The summed E-state index contributed by atoms with van der Waals surface area (Å²) in [7, 11) is -3.67. The highest BCUT2D eigenvalue weighted by molar-refractivity contribution is 7.89. The number of carbonyl (C=O) groups excluding carboxylic acids is 2. The van der Waals surface area contributed by atoms with Crippen LogP contribution in [0.3, 0.4) is 0 Å². The highest BCUT2D eigenvalue weighted by atomic mass is 32.2. The number of ether oxygens (including phenoxy) is 2. The molecule has 158 valence electrons. The molecular weight excluding hydrogens is 396 g/mol. The first-order chi connectivity index (χ1) is 13.9. The predicted octanol–water partition coefficient (Wildman–Crippen LogP) is 1.85. The molecule has 1 atom stereocenters. The summed E-state index contributed by atoms with van der Waals surface area (Å²) in [5.74, 6) is -1.10. The van der Waals surface area contributed by atoms with Gasteiger partial charge in [-0.2, -0.15) is 4.31 Å². The number of rotatable bonds is 6. The van der Waals surface area contributed by atoms with Crippen LogP contribution in [0.2, 0.25) is 0 Å². The molecule has 1 aliphatic heterocycles. The number of carbonyl (C=O) groups is 2. The van der Waals surface area contributed by atoms with Crippen LogP contribution >= 0.6 is 0 Å². The van der Waals surface area contributed by atoms with E-state index >= 15 is 0 Å². The van der Waals surface area contributed by atoms with E-state index in [0.29, 0.717) is 44.0 Å². The zero-order valence-corrected chi connectivity index (χ0v) is 17.2. The van der Waals surface area contributed by atoms with Gasteiger partial charge in [0.15, 0.2) is 6.61 Å². The van der Waals surface area contributed by atoms with E-state index in [1.165, 1.54) is 16.4 Å². The number of anilines is 1. The summed E-state index contributed by atoms with van der Waals surface area (Å²) in [4.78, 5) is 24.4. The molecule has 0 radical (unpaired) electrons. The molecule has 9 heteroatoms. The van der Waals surface area contributed by atoms with Crippen molar-refractivity contribution < 1.29 is 27.5 Å². The van der Waals surface area contributed by atoms with E-state index in [4.69, 9.17) is 9.47 Å². The van der Waals surface area contributed by atoms with Crippen molar-refractivity contribution in [2.24, 2.45) is 5.92 Å². The molecule has 0 aromatic heterocycles. The van der Waals surface area contributed by atoms with Crippen LogP contribution in [0.4, 0.5) is 5.69 Å². The second kappa shape index (κ2) is 9.51. The number of nitrogens with one attached hydrogen (secondary N) is 1. The maximum absolute atomic E-state index is 12.8. The number of esters is 1. The Morgan fingerprint density at radius 3 is 2.69 bits per heavy atom. The molecule has 0 saturated carbocycles. The lowest BCUT2D eigenvalue weighted by Crippen LogP contribution is -2.40. The van der Waals surface area contributed by atoms with E-state index in [0.717, 1.165) is 12.8 Å². The number of amides is 1. The first-order valence-corrected chi connectivity index (χ1v) is 11.1. The molecule has 1 unspecified atom stereocenters. The van der Waals surface area contributed by atoms with Gasteiger partial charge in [0.25, 0.3) is 5.91 Å². The van der Waals surface area contributed by atoms with E-state index in [1.807, 2.05) is 12.2 Å². The zero-order valence-electron chi connectivity index (χ0n) is 16.4. The molecule has 1 amide bonds. The van der Waals surface area contributed by atoms with E-state index in [-0.39, 0.29) is 16.8 Å². The van der Waals surface area contributed by atoms with E-state index < -0.39 is 22.5 Å². The quantitative estimate of drug-likeness (QED) is 0.555. The number of aryl methyl sites for hydroxylation is 1. The standard InChI is InChI=1S/C20H26N2O6S/c1-15-7-8-17(29(25,26)22-9-11-27-12-10-22)13-18(15)21-19(23)14-28-20(24)16-5-3-2-4-6-16/h2-3,7-8,13,16H,4-6,9-12,14H2,1H3,(H,21,23). The molecule has 3 rings (SSSR count). The van der Waals surface area contributed by atoms with Gasteiger partial charge in [-0.15, -0.1) is 0 Å². The Kier molecular flexibility index (Phi) is 7.05. The van der Waals surface area contributed by atoms with Crippen LogP contribution in [-0.2, 0) is 29.1 Å². The van der Waals surface area contributed by atoms with Crippen molar-refractivity contribution in [3.05, 3.63) is 35.9 Å². The maximum atomic E-state index is 12.8. The van der Waals surface area contributed by atoms with Crippen molar-refractivity contribution in [3.63, 3.8) is 0 Å². The molecule has 1 saturated heterocycles. The fourth-order valence-electron chi connectivity index (χ4n) is 3.28. The number of sulfonamides is 1. The molecule has 0 bridgehead atoms. The average Bonchev–Trinajstić information content (AvgIpc) is 2.74. The molecule has 1 heterocycles. The van der Waals surface area contributed by atoms with Crippen molar-refractivity contribution in [1.82, 2.24) is 4.31 Å². The lowest BCUT2D eigenvalue weighted by Gasteiger charge is -2.26. The number of benzene rings is 1. The average molecular weight is 423 g/mol. The van der Waals surface area contributed by atoms with E-state index in [1.54, 1.807) is 13.0 Å². The largest absolute Gasteiger partial charge is 0.455 e. The van der Waals surface area contributed by atoms with Crippen molar-refractivity contribution in [2.45, 2.75) is 31.1 Å². The van der Waals surface area contributed by atoms with Crippen molar-refractivity contribution in [3.8, 4) is 0 Å². The smallest absolute Gasteiger partial charge is 0.309 e. The van der Waals surface area contributed by atoms with Crippen LogP contribution in [0.25, 0.3) is 0 Å². The highest BCUT2D eigenvalue weighted by Crippen LogP contribution is 2.24. The summed E-state index contributed by atoms with van der Waals surface area (Å²) in [6, 6.07) is 4.60. The summed E-state index contributed by atoms with van der Waals surface area (Å²) in [6.45, 7) is 2.67. The molecule has 1 aromatic rings. The van der Waals surface area contributed by atoms with Crippen LogP contribution in [0.15, 0.2) is 35.2 Å². The minimum atomic E-state index is -3.67. The van der Waals surface area contributed by atoms with Gasteiger partial charge in [0, 0.05) is 18.8 Å². The molecule has 1 fully saturated rings. The van der Waals surface area contributed by atoms with Gasteiger partial charge in [0.2, 0.25) is 10.0 Å². The molecule has 1 N–H and O–H groups in total. The van der Waals surface area contributed by atoms with Gasteiger partial charge in [0.05, 0.1) is 24.0 Å². The Bertz CT molecular complexity index is 890. The topological polar surface area (TPSA) is 102 Å². The third-order valence-electron chi connectivity index (χ3n) is 5.04. The second-order valence-electron chi connectivity index (χ2n) is 7.13. The van der Waals surface area contributed by atoms with Gasteiger partial charge in [-0.05, 0) is 43.9 Å². The van der Waals surface area contributed by atoms with Crippen LogP contribution < -0.4 is 5.32 Å². The van der Waals surface area contributed by atoms with Gasteiger partial charge in [-0.25, -0.2) is 8.42 Å². The van der Waals surface area contributed by atoms with Crippen molar-refractivity contribution in [2.75, 3.05) is 38.2 Å². The fourth-order valence-corrected chi connectivity index (χ4v) is 4.72. The Hall–Kier alpha value is -2.23. The Balaban J connectivity index is 1.62. The lowest BCUT2D eigenvalue weighted by atomic mass is 9.95. The zero-order chi connectivity index (χ0) is 20.9. The lowest BCUT2D eigenvalue weighted by molar-refractivity contribution is -0.151. The summed E-state index contributed by atoms with van der Waals surface area (Å²) in [6.07, 6.45) is 6.14. The molecule has 8 nitrogen and oxygen atoms in total. The van der Waals surface area contributed by atoms with Crippen LogP contribution in [0.5, 0.6) is 0 Å². The maximum Gasteiger partial charge on any atom is 0.309 e. The number of morpholine rings is 1. The predicted molar refractivity (Wildman–Crippen MR) is 107 cm³/mol. The van der Waals surface area contributed by atoms with Gasteiger partial charge >= 0.3 is 5.97 Å². The highest BCUT2D eigenvalue weighted by Gasteiger charge is 2.27. The Morgan fingerprint density at radius 1 is 1.24 bits per heavy atom. The first kappa shape index (κ1) is 21.5. The van der Waals surface area contributed by atoms with Crippen LogP contribution in [0, 0.1) is 12.8 Å². The number of hydrogen-bond donors (Lipinski definition) is 1. The minimum Gasteiger partial charge on any atom is -0.455 e. The fraction of sp³-hybridized carbons (Fsp3) is 0.500. The molecule has 29 heavy (non-hydrogen) atoms. The molecular formula is C20H26N2O6S. The van der Waals surface area contributed by atoms with Gasteiger partial charge in [-0.1, -0.05) is 18.2 Å². The molecule has 0 spiro atoms. The molecule has 2 aliphatic rings. The normalized spacial score (nSPS) is 20.2. The Labute approximate surface area is 170 Å². The summed E-state index contributed by atoms with van der Waals surface area (Å²) < 4.78 is 37.3. The third kappa shape index (κ3) is 5.43. The Morgan fingerprint density at radius 2 is 2.00 bits per heavy atom. The number of nitrogens with zero attached hydrogens (tertiary/aromatic N) is 1. The first-order valence-electron chi connectivity index (χ1n) is 9.68. The molecule has 1 aromatic carbocycles. The third-order valence-corrected chi connectivity index (χ3v) is 6.93. The number of allylic oxidation sites excluding steroid dienone is 2. The van der Waals surface area contributed by atoms with Crippen molar-refractivity contribution in [1.29, 1.82) is 0 Å². The van der Waals surface area contributed by atoms with Crippen LogP contribution in [0.1, 0.15) is 24.8 Å². The van der Waals surface area contributed by atoms with Crippen LogP contribution in [-0.4, -0.2) is 57.5 Å². The van der Waals surface area contributed by atoms with E-state index in [9.17, 15) is 18.0 Å². The van der Waals surface area contributed by atoms with E-state index in [2.05, 4.69) is 5.32 Å². The van der Waals surface area contributed by atoms with Gasteiger partial charge in [0.1, 0.15) is 0 Å². The monoisotopic (exact) mass is 422 g/mol. The summed E-state index contributed by atoms with van der Waals surface area (Å²) in [5.41, 5.74) is 1.09. The molecule has 1 aliphatic carbocycles. The summed E-state index contributed by atoms with van der Waals surface area (Å²) >= 11 is 0. The second-order valence-corrected chi connectivity index (χ2v) is 9.07. The minimum absolute atomic E-state index is 0.103.